The molecule has 0 saturated heterocycles. The maximum Gasteiger partial charge on any atom is 0.311 e. The topological polar surface area (TPSA) is 68.1 Å². The lowest BCUT2D eigenvalue weighted by Gasteiger charge is -2.21. The van der Waals surface area contributed by atoms with Crippen molar-refractivity contribution in [3.05, 3.63) is 27.0 Å². The van der Waals surface area contributed by atoms with Crippen molar-refractivity contribution < 1.29 is 4.92 Å². The summed E-state index contributed by atoms with van der Waals surface area (Å²) < 4.78 is 0.613. The summed E-state index contributed by atoms with van der Waals surface area (Å²) in [4.78, 5) is 14.3. The van der Waals surface area contributed by atoms with Gasteiger partial charge in [-0.25, -0.2) is 0 Å². The summed E-state index contributed by atoms with van der Waals surface area (Å²) in [5.41, 5.74) is 0.493. The van der Waals surface area contributed by atoms with Crippen molar-refractivity contribution >= 4 is 27.3 Å². The second-order valence-corrected chi connectivity index (χ2v) is 4.95. The highest BCUT2D eigenvalue weighted by Gasteiger charge is 2.20. The standard InChI is InChI=1S/C11H16BrN3O2/c1-4-7(2)8(3)14-11-9(12)5-13-6-10(11)15(16)17/h5-8H,4H2,1-3H3,(H,13,14). The van der Waals surface area contributed by atoms with E-state index >= 15 is 0 Å². The van der Waals surface area contributed by atoms with Crippen molar-refractivity contribution in [2.24, 2.45) is 5.92 Å². The maximum absolute atomic E-state index is 10.9. The Balaban J connectivity index is 3.00. The van der Waals surface area contributed by atoms with E-state index in [1.807, 2.05) is 6.92 Å². The minimum atomic E-state index is -0.427. The zero-order valence-electron chi connectivity index (χ0n) is 10.1. The summed E-state index contributed by atoms with van der Waals surface area (Å²) in [5, 5.41) is 14.1. The first-order chi connectivity index (χ1) is 7.97. The van der Waals surface area contributed by atoms with Crippen LogP contribution in [-0.2, 0) is 0 Å². The first kappa shape index (κ1) is 13.9. The van der Waals surface area contributed by atoms with E-state index in [1.165, 1.54) is 6.20 Å². The molecule has 0 spiro atoms. The van der Waals surface area contributed by atoms with Gasteiger partial charge in [-0.15, -0.1) is 0 Å². The summed E-state index contributed by atoms with van der Waals surface area (Å²) in [6.07, 6.45) is 3.83. The largest absolute Gasteiger partial charge is 0.376 e. The van der Waals surface area contributed by atoms with E-state index < -0.39 is 4.92 Å². The first-order valence-corrected chi connectivity index (χ1v) is 6.31. The average Bonchev–Trinajstić information content (AvgIpc) is 2.30. The van der Waals surface area contributed by atoms with Gasteiger partial charge in [-0.1, -0.05) is 20.3 Å². The molecule has 0 aliphatic rings. The molecule has 0 aliphatic carbocycles. The molecule has 1 aromatic rings. The number of rotatable bonds is 5. The highest BCUT2D eigenvalue weighted by molar-refractivity contribution is 9.10. The lowest BCUT2D eigenvalue weighted by Crippen LogP contribution is -2.24. The molecule has 0 aromatic carbocycles. The van der Waals surface area contributed by atoms with Crippen LogP contribution in [0.1, 0.15) is 27.2 Å². The maximum atomic E-state index is 10.9. The van der Waals surface area contributed by atoms with E-state index in [0.717, 1.165) is 6.42 Å². The van der Waals surface area contributed by atoms with Crippen LogP contribution in [0.2, 0.25) is 0 Å². The molecule has 6 heteroatoms. The first-order valence-electron chi connectivity index (χ1n) is 5.51. The van der Waals surface area contributed by atoms with Gasteiger partial charge in [0.05, 0.1) is 9.40 Å². The van der Waals surface area contributed by atoms with Crippen molar-refractivity contribution in [2.75, 3.05) is 5.32 Å². The van der Waals surface area contributed by atoms with Crippen molar-refractivity contribution in [1.82, 2.24) is 4.98 Å². The summed E-state index contributed by atoms with van der Waals surface area (Å²) in [7, 11) is 0. The average molecular weight is 302 g/mol. The molecule has 0 aliphatic heterocycles. The number of pyridine rings is 1. The minimum Gasteiger partial charge on any atom is -0.376 e. The fourth-order valence-electron chi connectivity index (χ4n) is 1.43. The number of halogens is 1. The molecular weight excluding hydrogens is 286 g/mol. The Morgan fingerprint density at radius 3 is 2.71 bits per heavy atom. The van der Waals surface area contributed by atoms with E-state index in [4.69, 9.17) is 0 Å². The predicted octanol–water partition coefficient (Wildman–Crippen LogP) is 3.60. The molecule has 1 aromatic heterocycles. The Bertz CT molecular complexity index is 412. The van der Waals surface area contributed by atoms with Crippen LogP contribution in [-0.4, -0.2) is 15.9 Å². The molecule has 1 heterocycles. The van der Waals surface area contributed by atoms with Crippen LogP contribution in [0.5, 0.6) is 0 Å². The van der Waals surface area contributed by atoms with Gasteiger partial charge in [-0.2, -0.15) is 0 Å². The zero-order valence-corrected chi connectivity index (χ0v) is 11.7. The lowest BCUT2D eigenvalue weighted by molar-refractivity contribution is -0.384. The molecule has 0 fully saturated rings. The molecule has 94 valence electrons. The van der Waals surface area contributed by atoms with E-state index in [-0.39, 0.29) is 11.7 Å². The van der Waals surface area contributed by atoms with E-state index in [2.05, 4.69) is 40.1 Å². The van der Waals surface area contributed by atoms with E-state index in [1.54, 1.807) is 6.20 Å². The van der Waals surface area contributed by atoms with Gasteiger partial charge < -0.3 is 5.32 Å². The van der Waals surface area contributed by atoms with Gasteiger partial charge in [0.15, 0.2) is 0 Å². The van der Waals surface area contributed by atoms with E-state index in [9.17, 15) is 10.1 Å². The number of nitrogens with zero attached hydrogens (tertiary/aromatic N) is 2. The molecule has 1 N–H and O–H groups in total. The monoisotopic (exact) mass is 301 g/mol. The third-order valence-electron chi connectivity index (χ3n) is 2.95. The van der Waals surface area contributed by atoms with Gasteiger partial charge in [0, 0.05) is 12.2 Å². The fraction of sp³-hybridized carbons (Fsp3) is 0.545. The van der Waals surface area contributed by atoms with Crippen molar-refractivity contribution in [1.29, 1.82) is 0 Å². The summed E-state index contributed by atoms with van der Waals surface area (Å²) in [6.45, 7) is 6.22. The second-order valence-electron chi connectivity index (χ2n) is 4.09. The molecular formula is C11H16BrN3O2. The normalized spacial score (nSPS) is 14.1. The molecule has 5 nitrogen and oxygen atoms in total. The number of aromatic nitrogens is 1. The molecule has 2 atom stereocenters. The Morgan fingerprint density at radius 1 is 1.53 bits per heavy atom. The summed E-state index contributed by atoms with van der Waals surface area (Å²) in [5.74, 6) is 0.440. The van der Waals surface area contributed by atoms with E-state index in [0.29, 0.717) is 16.1 Å². The SMILES string of the molecule is CCC(C)C(C)Nc1c(Br)cncc1[N+](=O)[O-]. The van der Waals surface area contributed by atoms with Crippen LogP contribution in [0.15, 0.2) is 16.9 Å². The molecule has 0 amide bonds. The molecule has 0 saturated carbocycles. The van der Waals surface area contributed by atoms with Crippen LogP contribution in [0.3, 0.4) is 0 Å². The highest BCUT2D eigenvalue weighted by Crippen LogP contribution is 2.32. The van der Waals surface area contributed by atoms with Crippen LogP contribution in [0.4, 0.5) is 11.4 Å². The second kappa shape index (κ2) is 5.95. The Labute approximate surface area is 109 Å². The quantitative estimate of drug-likeness (QED) is 0.666. The third-order valence-corrected chi connectivity index (χ3v) is 3.55. The molecule has 1 rings (SSSR count). The van der Waals surface area contributed by atoms with Crippen LogP contribution in [0, 0.1) is 16.0 Å². The fourth-order valence-corrected chi connectivity index (χ4v) is 1.87. The molecule has 2 unspecified atom stereocenters. The predicted molar refractivity (Wildman–Crippen MR) is 71.1 cm³/mol. The van der Waals surface area contributed by atoms with Gasteiger partial charge in [-0.05, 0) is 28.8 Å². The summed E-state index contributed by atoms with van der Waals surface area (Å²) >= 11 is 3.29. The zero-order chi connectivity index (χ0) is 13.0. The van der Waals surface area contributed by atoms with Gasteiger partial charge in [0.25, 0.3) is 0 Å². The van der Waals surface area contributed by atoms with Crippen molar-refractivity contribution in [2.45, 2.75) is 33.2 Å². The van der Waals surface area contributed by atoms with Crippen LogP contribution in [0.25, 0.3) is 0 Å². The number of hydrogen-bond donors (Lipinski definition) is 1. The minimum absolute atomic E-state index is 0.00507. The molecule has 0 radical (unpaired) electrons. The van der Waals surface area contributed by atoms with Crippen LogP contribution >= 0.6 is 15.9 Å². The van der Waals surface area contributed by atoms with Crippen molar-refractivity contribution in [3.8, 4) is 0 Å². The molecule has 0 bridgehead atoms. The van der Waals surface area contributed by atoms with Gasteiger partial charge >= 0.3 is 5.69 Å². The molecule has 17 heavy (non-hydrogen) atoms. The van der Waals surface area contributed by atoms with Crippen molar-refractivity contribution in [3.63, 3.8) is 0 Å². The van der Waals surface area contributed by atoms with Crippen LogP contribution < -0.4 is 5.32 Å². The Morgan fingerprint density at radius 2 is 2.18 bits per heavy atom. The Hall–Kier alpha value is -1.17. The number of anilines is 1. The lowest BCUT2D eigenvalue weighted by atomic mass is 10.0. The smallest absolute Gasteiger partial charge is 0.311 e. The summed E-state index contributed by atoms with van der Waals surface area (Å²) in [6, 6.07) is 0.164. The Kier molecular flexibility index (Phi) is 4.86. The van der Waals surface area contributed by atoms with Gasteiger partial charge in [0.2, 0.25) is 0 Å². The highest BCUT2D eigenvalue weighted by atomic mass is 79.9. The number of nitrogens with one attached hydrogen (secondary N) is 1. The number of nitro groups is 1. The number of hydrogen-bond acceptors (Lipinski definition) is 4. The third kappa shape index (κ3) is 3.39. The van der Waals surface area contributed by atoms with Gasteiger partial charge in [-0.3, -0.25) is 15.1 Å². The van der Waals surface area contributed by atoms with Gasteiger partial charge in [0.1, 0.15) is 11.9 Å².